The lowest BCUT2D eigenvalue weighted by Crippen LogP contribution is -2.18. The van der Waals surface area contributed by atoms with E-state index in [2.05, 4.69) is 32.2 Å². The zero-order valence-electron chi connectivity index (χ0n) is 12.7. The lowest BCUT2D eigenvalue weighted by atomic mass is 9.75. The molecule has 1 spiro atoms. The molecule has 0 radical (unpaired) electrons. The fourth-order valence-corrected chi connectivity index (χ4v) is 3.60. The number of allylic oxidation sites excluding steroid dienone is 9. The maximum atomic E-state index is 6.05. The van der Waals surface area contributed by atoms with Gasteiger partial charge in [-0.15, -0.1) is 0 Å². The van der Waals surface area contributed by atoms with Crippen LogP contribution in [0.25, 0.3) is 0 Å². The van der Waals surface area contributed by atoms with Gasteiger partial charge in [-0.05, 0) is 55.1 Å². The first-order valence-electron chi connectivity index (χ1n) is 7.41. The van der Waals surface area contributed by atoms with Crippen molar-refractivity contribution >= 4 is 0 Å². The maximum Gasteiger partial charge on any atom is 0.0273 e. The van der Waals surface area contributed by atoms with E-state index in [-0.39, 0.29) is 5.41 Å². The minimum absolute atomic E-state index is 0.133. The molecule has 1 saturated carbocycles. The van der Waals surface area contributed by atoms with Crippen LogP contribution in [0.2, 0.25) is 0 Å². The van der Waals surface area contributed by atoms with Crippen molar-refractivity contribution in [1.29, 1.82) is 0 Å². The third-order valence-electron chi connectivity index (χ3n) is 4.71. The first-order valence-corrected chi connectivity index (χ1v) is 7.41. The molecular formula is C19H25N. The molecule has 106 valence electrons. The van der Waals surface area contributed by atoms with E-state index in [1.54, 1.807) is 0 Å². The molecular weight excluding hydrogens is 242 g/mol. The van der Waals surface area contributed by atoms with Gasteiger partial charge in [-0.3, -0.25) is 0 Å². The van der Waals surface area contributed by atoms with Crippen molar-refractivity contribution < 1.29 is 0 Å². The standard InChI is InChI=1S/C19H25N/c1-5-7-10-17-14(3)15(4)18(13-16(20)6-2)19(17)11-8-9-12-19/h5-7,10,13H,1,4,8-9,11-12,20H2,2-3H3/b10-7-,16-6+,18-13+. The average molecular weight is 267 g/mol. The minimum atomic E-state index is 0.133. The topological polar surface area (TPSA) is 26.0 Å². The van der Waals surface area contributed by atoms with Gasteiger partial charge in [0, 0.05) is 11.1 Å². The molecule has 0 amide bonds. The van der Waals surface area contributed by atoms with E-state index in [0.29, 0.717) is 0 Å². The van der Waals surface area contributed by atoms with E-state index in [1.807, 2.05) is 25.2 Å². The highest BCUT2D eigenvalue weighted by molar-refractivity contribution is 5.65. The third kappa shape index (κ3) is 2.22. The van der Waals surface area contributed by atoms with E-state index < -0.39 is 0 Å². The van der Waals surface area contributed by atoms with Crippen molar-refractivity contribution in [2.24, 2.45) is 11.1 Å². The summed E-state index contributed by atoms with van der Waals surface area (Å²) in [7, 11) is 0. The van der Waals surface area contributed by atoms with Gasteiger partial charge in [-0.1, -0.05) is 50.3 Å². The normalized spacial score (nSPS) is 24.6. The molecule has 1 heteroatoms. The third-order valence-corrected chi connectivity index (χ3v) is 4.71. The Balaban J connectivity index is 2.58. The minimum Gasteiger partial charge on any atom is -0.399 e. The van der Waals surface area contributed by atoms with Gasteiger partial charge in [-0.25, -0.2) is 0 Å². The van der Waals surface area contributed by atoms with Crippen LogP contribution in [0, 0.1) is 5.41 Å². The van der Waals surface area contributed by atoms with Gasteiger partial charge in [-0.2, -0.15) is 0 Å². The fraction of sp³-hybridized carbons (Fsp3) is 0.368. The Labute approximate surface area is 122 Å². The SMILES string of the molecule is C=C/C=C\C1=C(C)C(=C)/C(=C\C(N)=C/C)C12CCCC2. The highest BCUT2D eigenvalue weighted by Gasteiger charge is 2.46. The first-order chi connectivity index (χ1) is 9.56. The van der Waals surface area contributed by atoms with Crippen molar-refractivity contribution in [3.8, 4) is 0 Å². The van der Waals surface area contributed by atoms with Gasteiger partial charge in [0.25, 0.3) is 0 Å². The summed E-state index contributed by atoms with van der Waals surface area (Å²) in [4.78, 5) is 0. The second-order valence-electron chi connectivity index (χ2n) is 5.75. The molecule has 1 fully saturated rings. The molecule has 0 aromatic carbocycles. The van der Waals surface area contributed by atoms with E-state index in [9.17, 15) is 0 Å². The molecule has 0 bridgehead atoms. The largest absolute Gasteiger partial charge is 0.399 e. The predicted molar refractivity (Wildman–Crippen MR) is 88.1 cm³/mol. The molecule has 0 atom stereocenters. The van der Waals surface area contributed by atoms with Gasteiger partial charge in [0.2, 0.25) is 0 Å². The molecule has 2 N–H and O–H groups in total. The molecule has 0 saturated heterocycles. The van der Waals surface area contributed by atoms with Crippen molar-refractivity contribution in [3.63, 3.8) is 0 Å². The van der Waals surface area contributed by atoms with Gasteiger partial charge in [0.15, 0.2) is 0 Å². The smallest absolute Gasteiger partial charge is 0.0273 e. The predicted octanol–water partition coefficient (Wildman–Crippen LogP) is 4.96. The molecule has 2 rings (SSSR count). The van der Waals surface area contributed by atoms with Crippen LogP contribution >= 0.6 is 0 Å². The Hall–Kier alpha value is -1.76. The average Bonchev–Trinajstić information content (AvgIpc) is 2.99. The summed E-state index contributed by atoms with van der Waals surface area (Å²) < 4.78 is 0. The summed E-state index contributed by atoms with van der Waals surface area (Å²) in [5.74, 6) is 0. The zero-order chi connectivity index (χ0) is 14.8. The van der Waals surface area contributed by atoms with E-state index in [1.165, 1.54) is 42.4 Å². The Bertz CT molecular complexity index is 546. The van der Waals surface area contributed by atoms with Gasteiger partial charge >= 0.3 is 0 Å². The number of rotatable bonds is 3. The van der Waals surface area contributed by atoms with Crippen molar-refractivity contribution in [2.75, 3.05) is 0 Å². The van der Waals surface area contributed by atoms with Crippen LogP contribution in [-0.2, 0) is 0 Å². The summed E-state index contributed by atoms with van der Waals surface area (Å²) in [5.41, 5.74) is 12.2. The lowest BCUT2D eigenvalue weighted by Gasteiger charge is -2.28. The van der Waals surface area contributed by atoms with Gasteiger partial charge in [0.1, 0.15) is 0 Å². The molecule has 2 aliphatic carbocycles. The van der Waals surface area contributed by atoms with Crippen LogP contribution in [0.3, 0.4) is 0 Å². The summed E-state index contributed by atoms with van der Waals surface area (Å²) in [6.45, 7) is 12.3. The zero-order valence-corrected chi connectivity index (χ0v) is 12.7. The van der Waals surface area contributed by atoms with E-state index in [4.69, 9.17) is 5.73 Å². The van der Waals surface area contributed by atoms with Crippen LogP contribution in [0.5, 0.6) is 0 Å². The van der Waals surface area contributed by atoms with Crippen LogP contribution in [0.15, 0.2) is 71.5 Å². The van der Waals surface area contributed by atoms with Crippen LogP contribution in [0.1, 0.15) is 39.5 Å². The summed E-state index contributed by atoms with van der Waals surface area (Å²) in [6, 6.07) is 0. The number of hydrogen-bond donors (Lipinski definition) is 1. The van der Waals surface area contributed by atoms with Crippen LogP contribution < -0.4 is 5.73 Å². The fourth-order valence-electron chi connectivity index (χ4n) is 3.60. The van der Waals surface area contributed by atoms with Crippen LogP contribution in [0.4, 0.5) is 0 Å². The highest BCUT2D eigenvalue weighted by atomic mass is 14.6. The Morgan fingerprint density at radius 3 is 2.50 bits per heavy atom. The second kappa shape index (κ2) is 5.70. The molecule has 20 heavy (non-hydrogen) atoms. The summed E-state index contributed by atoms with van der Waals surface area (Å²) in [5, 5.41) is 0. The van der Waals surface area contributed by atoms with Gasteiger partial charge < -0.3 is 5.73 Å². The quantitative estimate of drug-likeness (QED) is 0.718. The number of nitrogens with two attached hydrogens (primary N) is 1. The first kappa shape index (κ1) is 14.6. The molecule has 2 aliphatic rings. The molecule has 1 nitrogen and oxygen atoms in total. The Kier molecular flexibility index (Phi) is 4.17. The molecule has 0 aromatic heterocycles. The van der Waals surface area contributed by atoms with Crippen molar-refractivity contribution in [3.05, 3.63) is 71.5 Å². The molecule has 0 aliphatic heterocycles. The molecule has 0 aromatic rings. The summed E-state index contributed by atoms with van der Waals surface area (Å²) in [6.07, 6.45) is 15.1. The summed E-state index contributed by atoms with van der Waals surface area (Å²) >= 11 is 0. The molecule has 0 heterocycles. The van der Waals surface area contributed by atoms with E-state index in [0.717, 1.165) is 11.3 Å². The Morgan fingerprint density at radius 1 is 1.30 bits per heavy atom. The Morgan fingerprint density at radius 2 is 1.95 bits per heavy atom. The lowest BCUT2D eigenvalue weighted by molar-refractivity contribution is 0.476. The highest BCUT2D eigenvalue weighted by Crippen LogP contribution is 2.59. The van der Waals surface area contributed by atoms with Crippen LogP contribution in [-0.4, -0.2) is 0 Å². The van der Waals surface area contributed by atoms with Gasteiger partial charge in [0.05, 0.1) is 0 Å². The van der Waals surface area contributed by atoms with E-state index >= 15 is 0 Å². The van der Waals surface area contributed by atoms with Crippen molar-refractivity contribution in [2.45, 2.75) is 39.5 Å². The van der Waals surface area contributed by atoms with Crippen molar-refractivity contribution in [1.82, 2.24) is 0 Å². The number of hydrogen-bond acceptors (Lipinski definition) is 1. The second-order valence-corrected chi connectivity index (χ2v) is 5.75. The monoisotopic (exact) mass is 267 g/mol. The maximum absolute atomic E-state index is 6.05. The molecule has 0 unspecified atom stereocenters.